The summed E-state index contributed by atoms with van der Waals surface area (Å²) in [4.78, 5) is 3.78. The Balaban J connectivity index is 0.00000132. The molecule has 0 aliphatic carbocycles. The van der Waals surface area contributed by atoms with Crippen LogP contribution in [-0.4, -0.2) is 36.2 Å². The Morgan fingerprint density at radius 3 is 2.52 bits per heavy atom. The Labute approximate surface area is 154 Å². The molecule has 2 aromatic rings. The van der Waals surface area contributed by atoms with Crippen molar-refractivity contribution in [3.05, 3.63) is 51.7 Å². The summed E-state index contributed by atoms with van der Waals surface area (Å²) >= 11 is 1.77. The maximum atomic E-state index is 10.7. The van der Waals surface area contributed by atoms with Crippen LogP contribution in [0.1, 0.15) is 29.0 Å². The lowest BCUT2D eigenvalue weighted by Crippen LogP contribution is -2.45. The number of thiophene rings is 1. The van der Waals surface area contributed by atoms with E-state index in [9.17, 15) is 5.11 Å². The van der Waals surface area contributed by atoms with Gasteiger partial charge in [0.15, 0.2) is 0 Å². The van der Waals surface area contributed by atoms with Gasteiger partial charge in [-0.15, -0.1) is 36.2 Å². The summed E-state index contributed by atoms with van der Waals surface area (Å²) in [5, 5.41) is 16.2. The van der Waals surface area contributed by atoms with E-state index in [0.717, 1.165) is 43.7 Å². The smallest absolute Gasteiger partial charge is 0.123 e. The van der Waals surface area contributed by atoms with Gasteiger partial charge >= 0.3 is 0 Å². The zero-order valence-electron chi connectivity index (χ0n) is 13.2. The molecule has 0 saturated carbocycles. The molecule has 2 N–H and O–H groups in total. The number of benzene rings is 1. The van der Waals surface area contributed by atoms with Gasteiger partial charge < -0.3 is 10.4 Å². The largest absolute Gasteiger partial charge is 0.507 e. The van der Waals surface area contributed by atoms with E-state index in [1.807, 2.05) is 6.07 Å². The fourth-order valence-corrected chi connectivity index (χ4v) is 3.91. The van der Waals surface area contributed by atoms with E-state index in [-0.39, 0.29) is 30.9 Å². The number of nitrogens with zero attached hydrogens (tertiary/aromatic N) is 1. The van der Waals surface area contributed by atoms with Crippen LogP contribution in [0.4, 0.5) is 0 Å². The molecule has 1 saturated heterocycles. The third-order valence-corrected chi connectivity index (χ3v) is 5.08. The molecule has 3 nitrogen and oxygen atoms in total. The summed E-state index contributed by atoms with van der Waals surface area (Å²) in [6.07, 6.45) is 0.860. The molecular formula is C17H24Cl2N2OS. The second-order valence-corrected chi connectivity index (χ2v) is 6.39. The van der Waals surface area contributed by atoms with E-state index >= 15 is 0 Å². The van der Waals surface area contributed by atoms with Crippen LogP contribution in [-0.2, 0) is 6.42 Å². The van der Waals surface area contributed by atoms with Gasteiger partial charge in [-0.2, -0.15) is 0 Å². The fraction of sp³-hybridized carbons (Fsp3) is 0.412. The van der Waals surface area contributed by atoms with Gasteiger partial charge in [-0.25, -0.2) is 0 Å². The molecule has 3 rings (SSSR count). The van der Waals surface area contributed by atoms with E-state index in [0.29, 0.717) is 5.75 Å². The van der Waals surface area contributed by atoms with Gasteiger partial charge in [0.2, 0.25) is 0 Å². The molecule has 0 unspecified atom stereocenters. The van der Waals surface area contributed by atoms with E-state index in [1.165, 1.54) is 4.88 Å². The molecule has 23 heavy (non-hydrogen) atoms. The van der Waals surface area contributed by atoms with Gasteiger partial charge in [-0.1, -0.05) is 31.2 Å². The van der Waals surface area contributed by atoms with Crippen molar-refractivity contribution in [3.63, 3.8) is 0 Å². The maximum absolute atomic E-state index is 10.7. The fourth-order valence-electron chi connectivity index (χ4n) is 3.03. The number of aromatic hydroxyl groups is 1. The molecule has 1 aromatic heterocycles. The summed E-state index contributed by atoms with van der Waals surface area (Å²) in [7, 11) is 0. The highest BCUT2D eigenvalue weighted by Gasteiger charge is 2.27. The highest BCUT2D eigenvalue weighted by molar-refractivity contribution is 7.10. The Bertz CT molecular complexity index is 586. The van der Waals surface area contributed by atoms with Crippen LogP contribution in [0.2, 0.25) is 0 Å². The van der Waals surface area contributed by atoms with Crippen molar-refractivity contribution in [2.75, 3.05) is 26.2 Å². The molecule has 1 fully saturated rings. The third-order valence-electron chi connectivity index (χ3n) is 4.16. The van der Waals surface area contributed by atoms with Crippen LogP contribution in [0.5, 0.6) is 5.75 Å². The Hall–Kier alpha value is -0.780. The molecule has 0 bridgehead atoms. The Kier molecular flexibility index (Phi) is 8.37. The van der Waals surface area contributed by atoms with E-state index in [4.69, 9.17) is 0 Å². The molecule has 1 atom stereocenters. The van der Waals surface area contributed by atoms with Crippen molar-refractivity contribution >= 4 is 36.2 Å². The van der Waals surface area contributed by atoms with E-state index in [1.54, 1.807) is 11.3 Å². The van der Waals surface area contributed by atoms with Crippen LogP contribution in [0.3, 0.4) is 0 Å². The Morgan fingerprint density at radius 2 is 1.91 bits per heavy atom. The SMILES string of the molecule is CCc1cccc([C@@H](c2cccs2)N2CCNCC2)c1O.Cl.Cl. The molecule has 0 spiro atoms. The zero-order chi connectivity index (χ0) is 14.7. The number of halogens is 2. The number of nitrogens with one attached hydrogen (secondary N) is 1. The first-order chi connectivity index (χ1) is 10.3. The molecule has 1 aliphatic heterocycles. The van der Waals surface area contributed by atoms with Gasteiger partial charge in [0.1, 0.15) is 5.75 Å². The molecule has 0 radical (unpaired) electrons. The minimum atomic E-state index is 0. The van der Waals surface area contributed by atoms with Gasteiger partial charge in [-0.05, 0) is 23.4 Å². The summed E-state index contributed by atoms with van der Waals surface area (Å²) in [5.74, 6) is 0.469. The van der Waals surface area contributed by atoms with Gasteiger partial charge in [0.25, 0.3) is 0 Å². The predicted molar refractivity (Wildman–Crippen MR) is 103 cm³/mol. The molecule has 0 amide bonds. The second kappa shape index (κ2) is 9.50. The standard InChI is InChI=1S/C17H22N2OS.2ClH/c1-2-13-5-3-6-14(17(13)20)16(15-7-4-12-21-15)19-10-8-18-9-11-19;;/h3-7,12,16,18,20H,2,8-11H2,1H3;2*1H/t16-;;/m0../s1. The molecule has 1 aliphatic rings. The number of aryl methyl sites for hydroxylation is 1. The van der Waals surface area contributed by atoms with E-state index in [2.05, 4.69) is 46.8 Å². The monoisotopic (exact) mass is 374 g/mol. The summed E-state index contributed by atoms with van der Waals surface area (Å²) < 4.78 is 0. The van der Waals surface area contributed by atoms with Crippen molar-refractivity contribution in [2.45, 2.75) is 19.4 Å². The number of rotatable bonds is 4. The normalized spacial score (nSPS) is 16.2. The van der Waals surface area contributed by atoms with Crippen molar-refractivity contribution in [3.8, 4) is 5.75 Å². The molecular weight excluding hydrogens is 351 g/mol. The molecule has 1 aromatic carbocycles. The maximum Gasteiger partial charge on any atom is 0.123 e. The zero-order valence-corrected chi connectivity index (χ0v) is 15.6. The lowest BCUT2D eigenvalue weighted by atomic mass is 9.98. The van der Waals surface area contributed by atoms with Crippen LogP contribution in [0.25, 0.3) is 0 Å². The second-order valence-electron chi connectivity index (χ2n) is 5.41. The lowest BCUT2D eigenvalue weighted by Gasteiger charge is -2.35. The quantitative estimate of drug-likeness (QED) is 0.852. The van der Waals surface area contributed by atoms with Crippen molar-refractivity contribution in [2.24, 2.45) is 0 Å². The lowest BCUT2D eigenvalue weighted by molar-refractivity contribution is 0.198. The summed E-state index contributed by atoms with van der Waals surface area (Å²) in [6, 6.07) is 10.6. The average molecular weight is 375 g/mol. The Morgan fingerprint density at radius 1 is 1.17 bits per heavy atom. The highest BCUT2D eigenvalue weighted by Crippen LogP contribution is 2.38. The number of piperazine rings is 1. The molecule has 128 valence electrons. The van der Waals surface area contributed by atoms with E-state index < -0.39 is 0 Å². The van der Waals surface area contributed by atoms with Gasteiger partial charge in [0, 0.05) is 36.6 Å². The van der Waals surface area contributed by atoms with Gasteiger partial charge in [-0.3, -0.25) is 4.90 Å². The number of hydrogen-bond donors (Lipinski definition) is 2. The van der Waals surface area contributed by atoms with Crippen molar-refractivity contribution < 1.29 is 5.11 Å². The van der Waals surface area contributed by atoms with Crippen LogP contribution in [0, 0.1) is 0 Å². The summed E-state index contributed by atoms with van der Waals surface area (Å²) in [5.41, 5.74) is 2.07. The first-order valence-electron chi connectivity index (χ1n) is 7.60. The van der Waals surface area contributed by atoms with Crippen molar-refractivity contribution in [1.82, 2.24) is 10.2 Å². The first-order valence-corrected chi connectivity index (χ1v) is 8.48. The van der Waals surface area contributed by atoms with Crippen LogP contribution < -0.4 is 5.32 Å². The minimum absolute atomic E-state index is 0. The molecule has 6 heteroatoms. The first kappa shape index (κ1) is 20.3. The number of phenolic OH excluding ortho intramolecular Hbond substituents is 1. The highest BCUT2D eigenvalue weighted by atomic mass is 35.5. The van der Waals surface area contributed by atoms with Crippen molar-refractivity contribution in [1.29, 1.82) is 0 Å². The molecule has 2 heterocycles. The minimum Gasteiger partial charge on any atom is -0.507 e. The predicted octanol–water partition coefficient (Wildman–Crippen LogP) is 3.85. The number of phenols is 1. The topological polar surface area (TPSA) is 35.5 Å². The van der Waals surface area contributed by atoms with Crippen LogP contribution >= 0.6 is 36.2 Å². The third kappa shape index (κ3) is 4.40. The summed E-state index contributed by atoms with van der Waals surface area (Å²) in [6.45, 7) is 6.13. The van der Waals surface area contributed by atoms with Crippen LogP contribution in [0.15, 0.2) is 35.7 Å². The number of para-hydroxylation sites is 1. The average Bonchev–Trinajstić information content (AvgIpc) is 3.04. The van der Waals surface area contributed by atoms with Gasteiger partial charge in [0.05, 0.1) is 6.04 Å². The number of hydrogen-bond acceptors (Lipinski definition) is 4.